The average molecular weight is 293 g/mol. The summed E-state index contributed by atoms with van der Waals surface area (Å²) in [4.78, 5) is 0. The highest BCUT2D eigenvalue weighted by atomic mass is 35.5. The van der Waals surface area contributed by atoms with Crippen LogP contribution >= 0.6 is 34.8 Å². The molecule has 0 aliphatic heterocycles. The summed E-state index contributed by atoms with van der Waals surface area (Å²) in [5.41, 5.74) is 0.769. The van der Waals surface area contributed by atoms with Crippen molar-refractivity contribution in [2.75, 3.05) is 6.54 Å². The van der Waals surface area contributed by atoms with Gasteiger partial charge in [-0.15, -0.1) is 0 Å². The Kier molecular flexibility index (Phi) is 6.35. The van der Waals surface area contributed by atoms with Crippen LogP contribution in [0.25, 0.3) is 6.08 Å². The topological polar surface area (TPSA) is 12.0 Å². The van der Waals surface area contributed by atoms with Gasteiger partial charge in [0.2, 0.25) is 0 Å². The Bertz CT molecular complexity index is 402. The lowest BCUT2D eigenvalue weighted by molar-refractivity contribution is 0.625. The van der Waals surface area contributed by atoms with E-state index in [1.807, 2.05) is 12.2 Å². The Morgan fingerprint density at radius 1 is 1.24 bits per heavy atom. The largest absolute Gasteiger partial charge is 0.311 e. The molecule has 0 aromatic heterocycles. The van der Waals surface area contributed by atoms with Crippen LogP contribution in [0.5, 0.6) is 0 Å². The number of halogens is 3. The summed E-state index contributed by atoms with van der Waals surface area (Å²) in [6.07, 6.45) is 5.04. The number of hydrogen-bond acceptors (Lipinski definition) is 1. The zero-order valence-electron chi connectivity index (χ0n) is 9.93. The molecule has 0 aliphatic carbocycles. The van der Waals surface area contributed by atoms with Crippen LogP contribution in [0.4, 0.5) is 0 Å². The lowest BCUT2D eigenvalue weighted by Gasteiger charge is -2.09. The van der Waals surface area contributed by atoms with Crippen molar-refractivity contribution < 1.29 is 0 Å². The molecule has 0 spiro atoms. The Morgan fingerprint density at radius 3 is 2.53 bits per heavy atom. The van der Waals surface area contributed by atoms with Gasteiger partial charge in [-0.2, -0.15) is 0 Å². The summed E-state index contributed by atoms with van der Waals surface area (Å²) >= 11 is 18.1. The van der Waals surface area contributed by atoms with Crippen LogP contribution < -0.4 is 5.32 Å². The highest BCUT2D eigenvalue weighted by Crippen LogP contribution is 2.32. The third kappa shape index (κ3) is 4.51. The van der Waals surface area contributed by atoms with E-state index >= 15 is 0 Å². The molecule has 1 N–H and O–H groups in total. The van der Waals surface area contributed by atoms with Gasteiger partial charge in [-0.1, -0.05) is 53.9 Å². The standard InChI is InChI=1S/C13H16Cl3N/c1-3-8-17-9(2)4-5-10-11(14)6-7-12(15)13(10)16/h4-7,9,17H,3,8H2,1-2H3/b5-4+. The minimum Gasteiger partial charge on any atom is -0.311 e. The van der Waals surface area contributed by atoms with Crippen molar-refractivity contribution in [3.63, 3.8) is 0 Å². The molecule has 4 heteroatoms. The van der Waals surface area contributed by atoms with E-state index in [0.717, 1.165) is 18.5 Å². The van der Waals surface area contributed by atoms with Gasteiger partial charge in [0.15, 0.2) is 0 Å². The first-order valence-electron chi connectivity index (χ1n) is 5.61. The van der Waals surface area contributed by atoms with Gasteiger partial charge in [0.1, 0.15) is 0 Å². The molecule has 0 saturated heterocycles. The SMILES string of the molecule is CCCNC(C)/C=C/c1c(Cl)ccc(Cl)c1Cl. The summed E-state index contributed by atoms with van der Waals surface area (Å²) in [6.45, 7) is 5.20. The lowest BCUT2D eigenvalue weighted by atomic mass is 10.1. The highest BCUT2D eigenvalue weighted by molar-refractivity contribution is 6.44. The molecular weight excluding hydrogens is 277 g/mol. The van der Waals surface area contributed by atoms with Crippen molar-refractivity contribution >= 4 is 40.9 Å². The summed E-state index contributed by atoms with van der Waals surface area (Å²) in [5.74, 6) is 0. The zero-order valence-corrected chi connectivity index (χ0v) is 12.2. The summed E-state index contributed by atoms with van der Waals surface area (Å²) < 4.78 is 0. The molecule has 0 fully saturated rings. The Labute approximate surface area is 118 Å². The van der Waals surface area contributed by atoms with E-state index in [9.17, 15) is 0 Å². The number of benzene rings is 1. The fraction of sp³-hybridized carbons (Fsp3) is 0.385. The van der Waals surface area contributed by atoms with Crippen molar-refractivity contribution in [3.8, 4) is 0 Å². The Balaban J connectivity index is 2.80. The smallest absolute Gasteiger partial charge is 0.0679 e. The predicted molar refractivity (Wildman–Crippen MR) is 78.3 cm³/mol. The van der Waals surface area contributed by atoms with Crippen LogP contribution in [0.1, 0.15) is 25.8 Å². The first-order chi connectivity index (χ1) is 8.06. The number of hydrogen-bond donors (Lipinski definition) is 1. The molecule has 1 aromatic carbocycles. The number of rotatable bonds is 5. The second-order valence-corrected chi connectivity index (χ2v) is 5.05. The van der Waals surface area contributed by atoms with Crippen molar-refractivity contribution in [2.24, 2.45) is 0 Å². The molecule has 0 bridgehead atoms. The van der Waals surface area contributed by atoms with Gasteiger partial charge in [-0.25, -0.2) is 0 Å². The molecular formula is C13H16Cl3N. The molecule has 1 atom stereocenters. The Hall–Kier alpha value is -0.210. The highest BCUT2D eigenvalue weighted by Gasteiger charge is 2.06. The third-order valence-electron chi connectivity index (χ3n) is 2.35. The fourth-order valence-electron chi connectivity index (χ4n) is 1.38. The quantitative estimate of drug-likeness (QED) is 0.749. The number of nitrogens with one attached hydrogen (secondary N) is 1. The molecule has 94 valence electrons. The second-order valence-electron chi connectivity index (χ2n) is 3.86. The third-order valence-corrected chi connectivity index (χ3v) is 3.50. The van der Waals surface area contributed by atoms with Crippen LogP contribution in [-0.4, -0.2) is 12.6 Å². The zero-order chi connectivity index (χ0) is 12.8. The molecule has 1 unspecified atom stereocenters. The lowest BCUT2D eigenvalue weighted by Crippen LogP contribution is -2.24. The van der Waals surface area contributed by atoms with Crippen LogP contribution in [0.2, 0.25) is 15.1 Å². The van der Waals surface area contributed by atoms with Gasteiger partial charge in [-0.05, 0) is 32.0 Å². The molecule has 1 rings (SSSR count). The van der Waals surface area contributed by atoms with Gasteiger partial charge in [-0.3, -0.25) is 0 Å². The van der Waals surface area contributed by atoms with E-state index in [-0.39, 0.29) is 6.04 Å². The monoisotopic (exact) mass is 291 g/mol. The van der Waals surface area contributed by atoms with Crippen LogP contribution in [0, 0.1) is 0 Å². The fourth-order valence-corrected chi connectivity index (χ4v) is 2.04. The Morgan fingerprint density at radius 2 is 1.88 bits per heavy atom. The first kappa shape index (κ1) is 14.8. The maximum absolute atomic E-state index is 6.10. The van der Waals surface area contributed by atoms with Gasteiger partial charge in [0, 0.05) is 16.6 Å². The van der Waals surface area contributed by atoms with E-state index in [1.54, 1.807) is 12.1 Å². The summed E-state index contributed by atoms with van der Waals surface area (Å²) in [6, 6.07) is 3.73. The normalized spacial score (nSPS) is 13.2. The summed E-state index contributed by atoms with van der Waals surface area (Å²) in [5, 5.41) is 4.98. The molecule has 1 nitrogen and oxygen atoms in total. The van der Waals surface area contributed by atoms with Gasteiger partial charge in [0.25, 0.3) is 0 Å². The first-order valence-corrected chi connectivity index (χ1v) is 6.74. The van der Waals surface area contributed by atoms with E-state index in [1.165, 1.54) is 0 Å². The second kappa shape index (κ2) is 7.27. The van der Waals surface area contributed by atoms with E-state index in [2.05, 4.69) is 19.2 Å². The molecule has 0 aliphatic rings. The van der Waals surface area contributed by atoms with Gasteiger partial charge in [0.05, 0.1) is 10.0 Å². The molecule has 0 amide bonds. The molecule has 0 saturated carbocycles. The minimum atomic E-state index is 0.279. The average Bonchev–Trinajstić information content (AvgIpc) is 2.31. The maximum Gasteiger partial charge on any atom is 0.0679 e. The molecule has 0 radical (unpaired) electrons. The van der Waals surface area contributed by atoms with Crippen molar-refractivity contribution in [2.45, 2.75) is 26.3 Å². The van der Waals surface area contributed by atoms with Crippen molar-refractivity contribution in [1.29, 1.82) is 0 Å². The van der Waals surface area contributed by atoms with Crippen LogP contribution in [-0.2, 0) is 0 Å². The van der Waals surface area contributed by atoms with Crippen molar-refractivity contribution in [3.05, 3.63) is 38.8 Å². The maximum atomic E-state index is 6.10. The molecule has 0 heterocycles. The van der Waals surface area contributed by atoms with E-state index in [4.69, 9.17) is 34.8 Å². The minimum absolute atomic E-state index is 0.279. The molecule has 17 heavy (non-hydrogen) atoms. The van der Waals surface area contributed by atoms with Crippen LogP contribution in [0.3, 0.4) is 0 Å². The van der Waals surface area contributed by atoms with Gasteiger partial charge < -0.3 is 5.32 Å². The van der Waals surface area contributed by atoms with E-state index in [0.29, 0.717) is 15.1 Å². The summed E-state index contributed by atoms with van der Waals surface area (Å²) in [7, 11) is 0. The molecule has 1 aromatic rings. The van der Waals surface area contributed by atoms with Crippen molar-refractivity contribution in [1.82, 2.24) is 5.32 Å². The van der Waals surface area contributed by atoms with E-state index < -0.39 is 0 Å². The van der Waals surface area contributed by atoms with Gasteiger partial charge >= 0.3 is 0 Å². The predicted octanol–water partition coefficient (Wildman–Crippen LogP) is 5.05. The van der Waals surface area contributed by atoms with Crippen LogP contribution in [0.15, 0.2) is 18.2 Å².